The molecule has 2 aromatic rings. The maximum Gasteiger partial charge on any atom is 0.243 e. The van der Waals surface area contributed by atoms with Crippen LogP contribution in [0, 0.1) is 5.92 Å². The van der Waals surface area contributed by atoms with E-state index < -0.39 is 6.04 Å². The molecule has 1 N–H and O–H groups in total. The largest absolute Gasteiger partial charge is 0.474 e. The molecular formula is C26H33N3O3. The van der Waals surface area contributed by atoms with Crippen LogP contribution in [0.2, 0.25) is 0 Å². The molecule has 1 aromatic heterocycles. The van der Waals surface area contributed by atoms with Gasteiger partial charge in [-0.1, -0.05) is 44.2 Å². The van der Waals surface area contributed by atoms with Gasteiger partial charge in [-0.15, -0.1) is 0 Å². The van der Waals surface area contributed by atoms with Gasteiger partial charge in [-0.05, 0) is 48.3 Å². The van der Waals surface area contributed by atoms with Crippen LogP contribution in [0.1, 0.15) is 62.6 Å². The van der Waals surface area contributed by atoms with E-state index >= 15 is 0 Å². The number of benzene rings is 1. The Balaban J connectivity index is 1.39. The predicted molar refractivity (Wildman–Crippen MR) is 123 cm³/mol. The van der Waals surface area contributed by atoms with Gasteiger partial charge in [-0.25, -0.2) is 4.98 Å². The maximum atomic E-state index is 13.1. The van der Waals surface area contributed by atoms with E-state index in [1.54, 1.807) is 11.1 Å². The molecule has 1 fully saturated rings. The number of carbonyl (C=O) groups excluding carboxylic acids is 2. The highest BCUT2D eigenvalue weighted by atomic mass is 16.5. The maximum absolute atomic E-state index is 13.1. The molecule has 2 aliphatic rings. The average Bonchev–Trinajstić information content (AvgIpc) is 3.30. The summed E-state index contributed by atoms with van der Waals surface area (Å²) >= 11 is 0. The van der Waals surface area contributed by atoms with Crippen molar-refractivity contribution in [1.82, 2.24) is 15.2 Å². The topological polar surface area (TPSA) is 71.5 Å². The zero-order valence-electron chi connectivity index (χ0n) is 19.0. The number of amides is 2. The van der Waals surface area contributed by atoms with E-state index in [1.165, 1.54) is 12.8 Å². The van der Waals surface area contributed by atoms with Gasteiger partial charge in [0.05, 0.1) is 0 Å². The van der Waals surface area contributed by atoms with Crippen LogP contribution < -0.4 is 10.1 Å². The lowest BCUT2D eigenvalue weighted by Gasteiger charge is -2.36. The summed E-state index contributed by atoms with van der Waals surface area (Å²) in [6, 6.07) is 11.4. The summed E-state index contributed by atoms with van der Waals surface area (Å²) in [5.74, 6) is 0.799. The standard InChI is InChI=1S/C26H33N3O3/c1-18(2)13-25(30)29-17-21-8-4-3-7-20(21)14-23(29)26(31)28-16-19-11-12-24(27-15-19)32-22-9-5-6-10-22/h3-4,7-8,11-12,15,18,22-23H,5-6,9-10,13-14,16-17H2,1-2H3,(H,28,31). The number of hydrogen-bond donors (Lipinski definition) is 1. The number of nitrogens with one attached hydrogen (secondary N) is 1. The molecule has 1 aromatic carbocycles. The fourth-order valence-electron chi connectivity index (χ4n) is 4.55. The first-order valence-electron chi connectivity index (χ1n) is 11.7. The molecule has 1 aliphatic heterocycles. The Bertz CT molecular complexity index is 936. The van der Waals surface area contributed by atoms with Crippen molar-refractivity contribution in [3.05, 3.63) is 59.3 Å². The Kier molecular flexibility index (Phi) is 7.08. The van der Waals surface area contributed by atoms with E-state index in [-0.39, 0.29) is 23.8 Å². The second kappa shape index (κ2) is 10.2. The van der Waals surface area contributed by atoms with Gasteiger partial charge in [0.15, 0.2) is 0 Å². The number of fused-ring (bicyclic) bond motifs is 1. The van der Waals surface area contributed by atoms with Crippen molar-refractivity contribution in [3.8, 4) is 5.88 Å². The third kappa shape index (κ3) is 5.47. The van der Waals surface area contributed by atoms with Crippen LogP contribution in [0.4, 0.5) is 0 Å². The number of hydrogen-bond acceptors (Lipinski definition) is 4. The minimum absolute atomic E-state index is 0.0322. The van der Waals surface area contributed by atoms with E-state index in [1.807, 2.05) is 50.2 Å². The molecule has 2 heterocycles. The first-order chi connectivity index (χ1) is 15.5. The highest BCUT2D eigenvalue weighted by Crippen LogP contribution is 2.25. The second-order valence-corrected chi connectivity index (χ2v) is 9.36. The first-order valence-corrected chi connectivity index (χ1v) is 11.7. The summed E-state index contributed by atoms with van der Waals surface area (Å²) in [5, 5.41) is 3.02. The van der Waals surface area contributed by atoms with Gasteiger partial charge in [0, 0.05) is 38.2 Å². The number of ether oxygens (including phenoxy) is 1. The molecule has 0 radical (unpaired) electrons. The molecule has 0 bridgehead atoms. The number of aromatic nitrogens is 1. The van der Waals surface area contributed by atoms with Crippen LogP contribution in [0.25, 0.3) is 0 Å². The van der Waals surface area contributed by atoms with Crippen LogP contribution in [-0.2, 0) is 29.1 Å². The van der Waals surface area contributed by atoms with E-state index in [9.17, 15) is 9.59 Å². The molecule has 2 amide bonds. The molecule has 6 nitrogen and oxygen atoms in total. The first kappa shape index (κ1) is 22.3. The van der Waals surface area contributed by atoms with E-state index in [2.05, 4.69) is 10.3 Å². The van der Waals surface area contributed by atoms with Crippen molar-refractivity contribution in [2.75, 3.05) is 0 Å². The number of nitrogens with zero attached hydrogens (tertiary/aromatic N) is 2. The van der Waals surface area contributed by atoms with Crippen molar-refractivity contribution in [3.63, 3.8) is 0 Å². The van der Waals surface area contributed by atoms with Gasteiger partial charge < -0.3 is 15.0 Å². The van der Waals surface area contributed by atoms with Crippen LogP contribution in [0.3, 0.4) is 0 Å². The molecule has 1 atom stereocenters. The van der Waals surface area contributed by atoms with E-state index in [0.29, 0.717) is 31.8 Å². The summed E-state index contributed by atoms with van der Waals surface area (Å²) in [4.78, 5) is 32.2. The molecule has 6 heteroatoms. The van der Waals surface area contributed by atoms with Crippen LogP contribution >= 0.6 is 0 Å². The highest BCUT2D eigenvalue weighted by Gasteiger charge is 2.34. The molecule has 1 aliphatic carbocycles. The van der Waals surface area contributed by atoms with Crippen LogP contribution in [0.15, 0.2) is 42.6 Å². The third-order valence-electron chi connectivity index (χ3n) is 6.31. The fourth-order valence-corrected chi connectivity index (χ4v) is 4.55. The summed E-state index contributed by atoms with van der Waals surface area (Å²) in [5.41, 5.74) is 3.17. The van der Waals surface area contributed by atoms with Crippen LogP contribution in [0.5, 0.6) is 5.88 Å². The Morgan fingerprint density at radius 2 is 1.88 bits per heavy atom. The number of carbonyl (C=O) groups is 2. The number of pyridine rings is 1. The summed E-state index contributed by atoms with van der Waals surface area (Å²) in [6.07, 6.45) is 7.64. The van der Waals surface area contributed by atoms with Gasteiger partial charge in [-0.3, -0.25) is 9.59 Å². The van der Waals surface area contributed by atoms with Gasteiger partial charge in [-0.2, -0.15) is 0 Å². The normalized spacial score (nSPS) is 18.5. The van der Waals surface area contributed by atoms with Crippen LogP contribution in [-0.4, -0.2) is 33.8 Å². The highest BCUT2D eigenvalue weighted by molar-refractivity contribution is 5.88. The molecular weight excluding hydrogens is 402 g/mol. The molecule has 1 unspecified atom stereocenters. The Morgan fingerprint density at radius 1 is 1.12 bits per heavy atom. The van der Waals surface area contributed by atoms with Crippen molar-refractivity contribution >= 4 is 11.8 Å². The zero-order valence-corrected chi connectivity index (χ0v) is 19.0. The summed E-state index contributed by atoms with van der Waals surface area (Å²) in [7, 11) is 0. The van der Waals surface area contributed by atoms with Crippen molar-refractivity contribution < 1.29 is 14.3 Å². The van der Waals surface area contributed by atoms with Crippen molar-refractivity contribution in [2.24, 2.45) is 5.92 Å². The van der Waals surface area contributed by atoms with E-state index in [4.69, 9.17) is 4.74 Å². The fraction of sp³-hybridized carbons (Fsp3) is 0.500. The van der Waals surface area contributed by atoms with Gasteiger partial charge in [0.2, 0.25) is 17.7 Å². The quantitative estimate of drug-likeness (QED) is 0.713. The monoisotopic (exact) mass is 435 g/mol. The average molecular weight is 436 g/mol. The van der Waals surface area contributed by atoms with Crippen molar-refractivity contribution in [1.29, 1.82) is 0 Å². The van der Waals surface area contributed by atoms with E-state index in [0.717, 1.165) is 29.5 Å². The Morgan fingerprint density at radius 3 is 2.56 bits per heavy atom. The van der Waals surface area contributed by atoms with Gasteiger partial charge in [0.25, 0.3) is 0 Å². The molecule has 4 rings (SSSR count). The Labute approximate surface area is 190 Å². The van der Waals surface area contributed by atoms with Crippen molar-refractivity contribution in [2.45, 2.75) is 77.6 Å². The Hall–Kier alpha value is -2.89. The lowest BCUT2D eigenvalue weighted by Crippen LogP contribution is -2.52. The minimum atomic E-state index is -0.492. The zero-order chi connectivity index (χ0) is 22.5. The lowest BCUT2D eigenvalue weighted by molar-refractivity contribution is -0.142. The molecule has 0 saturated heterocycles. The second-order valence-electron chi connectivity index (χ2n) is 9.36. The molecule has 170 valence electrons. The van der Waals surface area contributed by atoms with Gasteiger partial charge >= 0.3 is 0 Å². The minimum Gasteiger partial charge on any atom is -0.474 e. The summed E-state index contributed by atoms with van der Waals surface area (Å²) in [6.45, 7) is 4.91. The molecule has 1 saturated carbocycles. The smallest absolute Gasteiger partial charge is 0.243 e. The summed E-state index contributed by atoms with van der Waals surface area (Å²) < 4.78 is 5.91. The molecule has 0 spiro atoms. The molecule has 32 heavy (non-hydrogen) atoms. The lowest BCUT2D eigenvalue weighted by atomic mass is 9.92. The predicted octanol–water partition coefficient (Wildman–Crippen LogP) is 4.02. The SMILES string of the molecule is CC(C)CC(=O)N1Cc2ccccc2CC1C(=O)NCc1ccc(OC2CCCC2)nc1. The van der Waals surface area contributed by atoms with Gasteiger partial charge in [0.1, 0.15) is 12.1 Å². The number of rotatable bonds is 7. The third-order valence-corrected chi connectivity index (χ3v) is 6.31.